The second kappa shape index (κ2) is 4.01. The van der Waals surface area contributed by atoms with Gasteiger partial charge in [-0.15, -0.1) is 0 Å². The number of rotatable bonds is 4. The molecule has 0 amide bonds. The fourth-order valence-corrected chi connectivity index (χ4v) is 0.937. The molecule has 0 atom stereocenters. The molecule has 0 saturated heterocycles. The van der Waals surface area contributed by atoms with Crippen LogP contribution in [0.4, 0.5) is 0 Å². The largest absolute Gasteiger partial charge is 0.491 e. The monoisotopic (exact) mass is 154 g/mol. The van der Waals surface area contributed by atoms with Crippen LogP contribution in [0.3, 0.4) is 0 Å². The van der Waals surface area contributed by atoms with Crippen LogP contribution in [-0.2, 0) is 6.54 Å². The van der Waals surface area contributed by atoms with Crippen molar-refractivity contribution in [2.45, 2.75) is 26.8 Å². The Morgan fingerprint density at radius 1 is 1.55 bits per heavy atom. The number of nitrogens with zero attached hydrogens (tertiary/aromatic N) is 2. The zero-order valence-corrected chi connectivity index (χ0v) is 7.08. The Kier molecular flexibility index (Phi) is 2.95. The summed E-state index contributed by atoms with van der Waals surface area (Å²) in [6, 6.07) is 0. The summed E-state index contributed by atoms with van der Waals surface area (Å²) in [7, 11) is 0. The van der Waals surface area contributed by atoms with Crippen LogP contribution < -0.4 is 4.74 Å². The van der Waals surface area contributed by atoms with E-state index in [2.05, 4.69) is 12.0 Å². The molecule has 0 fully saturated rings. The van der Waals surface area contributed by atoms with Crippen molar-refractivity contribution in [2.24, 2.45) is 0 Å². The molecule has 3 heteroatoms. The van der Waals surface area contributed by atoms with Crippen molar-refractivity contribution in [3.8, 4) is 5.75 Å². The minimum Gasteiger partial charge on any atom is -0.491 e. The third kappa shape index (κ3) is 2.26. The Hall–Kier alpha value is -0.990. The molecule has 3 nitrogen and oxygen atoms in total. The van der Waals surface area contributed by atoms with E-state index >= 15 is 0 Å². The molecule has 0 aliphatic rings. The Morgan fingerprint density at radius 2 is 2.36 bits per heavy atom. The van der Waals surface area contributed by atoms with Crippen molar-refractivity contribution in [1.82, 2.24) is 9.78 Å². The highest BCUT2D eigenvalue weighted by Crippen LogP contribution is 2.07. The Balaban J connectivity index is 2.51. The molecule has 1 rings (SSSR count). The summed E-state index contributed by atoms with van der Waals surface area (Å²) in [5.41, 5.74) is 0. The lowest BCUT2D eigenvalue weighted by molar-refractivity contribution is 0.339. The maximum absolute atomic E-state index is 5.25. The van der Waals surface area contributed by atoms with Crippen molar-refractivity contribution in [1.29, 1.82) is 0 Å². The zero-order valence-electron chi connectivity index (χ0n) is 7.08. The van der Waals surface area contributed by atoms with Gasteiger partial charge in [-0.1, -0.05) is 6.92 Å². The normalized spacial score (nSPS) is 10.0. The molecule has 0 radical (unpaired) electrons. The van der Waals surface area contributed by atoms with E-state index in [9.17, 15) is 0 Å². The lowest BCUT2D eigenvalue weighted by atomic mass is 10.5. The molecule has 11 heavy (non-hydrogen) atoms. The quantitative estimate of drug-likeness (QED) is 0.660. The van der Waals surface area contributed by atoms with Crippen LogP contribution in [-0.4, -0.2) is 16.4 Å². The van der Waals surface area contributed by atoms with Crippen LogP contribution in [0.5, 0.6) is 5.75 Å². The van der Waals surface area contributed by atoms with E-state index < -0.39 is 0 Å². The highest BCUT2D eigenvalue weighted by atomic mass is 16.5. The van der Waals surface area contributed by atoms with E-state index in [-0.39, 0.29) is 0 Å². The average molecular weight is 154 g/mol. The van der Waals surface area contributed by atoms with E-state index in [4.69, 9.17) is 4.74 Å². The van der Waals surface area contributed by atoms with Gasteiger partial charge in [-0.3, -0.25) is 4.68 Å². The first-order chi connectivity index (χ1) is 5.36. The minimum atomic E-state index is 0.706. The molecule has 0 saturated carbocycles. The summed E-state index contributed by atoms with van der Waals surface area (Å²) >= 11 is 0. The summed E-state index contributed by atoms with van der Waals surface area (Å²) in [4.78, 5) is 0. The van der Waals surface area contributed by atoms with Crippen molar-refractivity contribution >= 4 is 0 Å². The third-order valence-electron chi connectivity index (χ3n) is 1.37. The van der Waals surface area contributed by atoms with Crippen LogP contribution in [0.15, 0.2) is 12.4 Å². The summed E-state index contributed by atoms with van der Waals surface area (Å²) < 4.78 is 7.14. The lowest BCUT2D eigenvalue weighted by Gasteiger charge is -1.96. The van der Waals surface area contributed by atoms with Gasteiger partial charge in [-0.25, -0.2) is 0 Å². The molecule has 0 spiro atoms. The van der Waals surface area contributed by atoms with Gasteiger partial charge in [0.05, 0.1) is 19.0 Å². The number of aryl methyl sites for hydroxylation is 1. The van der Waals surface area contributed by atoms with Gasteiger partial charge < -0.3 is 4.74 Å². The molecule has 0 N–H and O–H groups in total. The van der Waals surface area contributed by atoms with Gasteiger partial charge in [0.1, 0.15) is 0 Å². The summed E-state index contributed by atoms with van der Waals surface area (Å²) in [6.07, 6.45) is 4.78. The first kappa shape index (κ1) is 8.11. The predicted octanol–water partition coefficient (Wildman–Crippen LogP) is 1.69. The fraction of sp³-hybridized carbons (Fsp3) is 0.625. The van der Waals surface area contributed by atoms with Gasteiger partial charge in [-0.05, 0) is 13.3 Å². The van der Waals surface area contributed by atoms with Gasteiger partial charge in [0, 0.05) is 6.54 Å². The van der Waals surface area contributed by atoms with Crippen LogP contribution >= 0.6 is 0 Å². The van der Waals surface area contributed by atoms with Crippen molar-refractivity contribution in [3.63, 3.8) is 0 Å². The molecule has 0 bridgehead atoms. The molecular formula is C8H14N2O. The van der Waals surface area contributed by atoms with Crippen molar-refractivity contribution < 1.29 is 4.74 Å². The van der Waals surface area contributed by atoms with E-state index in [1.807, 2.05) is 17.8 Å². The Labute approximate surface area is 67.0 Å². The van der Waals surface area contributed by atoms with Crippen LogP contribution in [0.1, 0.15) is 20.3 Å². The highest BCUT2D eigenvalue weighted by molar-refractivity contribution is 5.11. The van der Waals surface area contributed by atoms with Gasteiger partial charge in [0.25, 0.3) is 0 Å². The smallest absolute Gasteiger partial charge is 0.157 e. The van der Waals surface area contributed by atoms with Gasteiger partial charge >= 0.3 is 0 Å². The molecule has 62 valence electrons. The number of ether oxygens (including phenoxy) is 1. The van der Waals surface area contributed by atoms with Crippen molar-refractivity contribution in [3.05, 3.63) is 12.4 Å². The predicted molar refractivity (Wildman–Crippen MR) is 43.7 cm³/mol. The average Bonchev–Trinajstić information content (AvgIpc) is 2.38. The number of hydrogen-bond acceptors (Lipinski definition) is 2. The molecule has 0 aromatic carbocycles. The first-order valence-electron chi connectivity index (χ1n) is 4.02. The van der Waals surface area contributed by atoms with Crippen molar-refractivity contribution in [2.75, 3.05) is 6.61 Å². The highest BCUT2D eigenvalue weighted by Gasteiger charge is 1.95. The summed E-state index contributed by atoms with van der Waals surface area (Å²) in [6.45, 7) is 5.77. The maximum atomic E-state index is 5.25. The minimum absolute atomic E-state index is 0.706. The second-order valence-corrected chi connectivity index (χ2v) is 2.37. The van der Waals surface area contributed by atoms with Crippen LogP contribution in [0.2, 0.25) is 0 Å². The topological polar surface area (TPSA) is 27.1 Å². The van der Waals surface area contributed by atoms with E-state index in [0.717, 1.165) is 18.7 Å². The Morgan fingerprint density at radius 3 is 3.00 bits per heavy atom. The molecule has 0 aliphatic heterocycles. The first-order valence-corrected chi connectivity index (χ1v) is 4.02. The van der Waals surface area contributed by atoms with Crippen LogP contribution in [0.25, 0.3) is 0 Å². The second-order valence-electron chi connectivity index (χ2n) is 2.37. The summed E-state index contributed by atoms with van der Waals surface area (Å²) in [5, 5.41) is 4.12. The van der Waals surface area contributed by atoms with Crippen LogP contribution in [0, 0.1) is 0 Å². The molecule has 0 aliphatic carbocycles. The molecule has 1 heterocycles. The molecular weight excluding hydrogens is 140 g/mol. The molecule has 0 unspecified atom stereocenters. The SMILES string of the molecule is CCCn1cc(OCC)cn1. The summed E-state index contributed by atoms with van der Waals surface area (Å²) in [5.74, 6) is 0.862. The van der Waals surface area contributed by atoms with E-state index in [1.54, 1.807) is 6.20 Å². The number of hydrogen-bond donors (Lipinski definition) is 0. The maximum Gasteiger partial charge on any atom is 0.157 e. The molecule has 1 aromatic rings. The van der Waals surface area contributed by atoms with Gasteiger partial charge in [-0.2, -0.15) is 5.10 Å². The van der Waals surface area contributed by atoms with E-state index in [1.165, 1.54) is 0 Å². The lowest BCUT2D eigenvalue weighted by Crippen LogP contribution is -1.95. The zero-order chi connectivity index (χ0) is 8.10. The Bertz CT molecular complexity index is 187. The molecule has 1 aromatic heterocycles. The van der Waals surface area contributed by atoms with Gasteiger partial charge in [0.15, 0.2) is 5.75 Å². The number of aromatic nitrogens is 2. The van der Waals surface area contributed by atoms with Gasteiger partial charge in [0.2, 0.25) is 0 Å². The standard InChI is InChI=1S/C8H14N2O/c1-3-5-10-7-8(6-9-10)11-4-2/h6-7H,3-5H2,1-2H3. The van der Waals surface area contributed by atoms with E-state index in [0.29, 0.717) is 6.61 Å². The third-order valence-corrected chi connectivity index (χ3v) is 1.37. The fourth-order valence-electron chi connectivity index (χ4n) is 0.937.